The van der Waals surface area contributed by atoms with Gasteiger partial charge >= 0.3 is 5.97 Å². The molecule has 1 heterocycles. The predicted molar refractivity (Wildman–Crippen MR) is 97.5 cm³/mol. The van der Waals surface area contributed by atoms with Crippen molar-refractivity contribution in [3.63, 3.8) is 0 Å². The molecule has 0 aliphatic heterocycles. The van der Waals surface area contributed by atoms with Gasteiger partial charge in [-0.15, -0.1) is 0 Å². The Bertz CT molecular complexity index is 934. The second kappa shape index (κ2) is 8.94. The van der Waals surface area contributed by atoms with E-state index in [2.05, 4.69) is 0 Å². The summed E-state index contributed by atoms with van der Waals surface area (Å²) in [4.78, 5) is 34.8. The van der Waals surface area contributed by atoms with Crippen molar-refractivity contribution in [2.75, 3.05) is 20.8 Å². The van der Waals surface area contributed by atoms with E-state index in [4.69, 9.17) is 24.4 Å². The number of amides is 1. The van der Waals surface area contributed by atoms with Gasteiger partial charge in [0.2, 0.25) is 11.2 Å². The second-order valence-corrected chi connectivity index (χ2v) is 5.93. The van der Waals surface area contributed by atoms with Crippen LogP contribution in [0.1, 0.15) is 29.4 Å². The Morgan fingerprint density at radius 1 is 1.21 bits per heavy atom. The second-order valence-electron chi connectivity index (χ2n) is 5.93. The van der Waals surface area contributed by atoms with Gasteiger partial charge in [-0.05, 0) is 24.6 Å². The van der Waals surface area contributed by atoms with Gasteiger partial charge in [0.15, 0.2) is 23.9 Å². The third-order valence-electron chi connectivity index (χ3n) is 3.95. The molecule has 0 unspecified atom stereocenters. The average molecular weight is 391 g/mol. The highest BCUT2D eigenvalue weighted by molar-refractivity contribution is 5.75. The summed E-state index contributed by atoms with van der Waals surface area (Å²) in [6.45, 7) is 1.22. The Morgan fingerprint density at radius 3 is 2.54 bits per heavy atom. The van der Waals surface area contributed by atoms with Crippen LogP contribution < -0.4 is 20.6 Å². The van der Waals surface area contributed by atoms with E-state index in [0.29, 0.717) is 5.56 Å². The van der Waals surface area contributed by atoms with Crippen molar-refractivity contribution in [2.24, 2.45) is 5.73 Å². The molecule has 1 atom stereocenters. The summed E-state index contributed by atoms with van der Waals surface area (Å²) in [5, 5.41) is 10.2. The lowest BCUT2D eigenvalue weighted by atomic mass is 9.92. The number of hydrogen-bond acceptors (Lipinski definition) is 8. The first-order valence-electron chi connectivity index (χ1n) is 8.26. The Morgan fingerprint density at radius 2 is 1.93 bits per heavy atom. The molecule has 3 N–H and O–H groups in total. The number of ether oxygens (including phenoxy) is 3. The monoisotopic (exact) mass is 391 g/mol. The first-order valence-corrected chi connectivity index (χ1v) is 8.26. The van der Waals surface area contributed by atoms with E-state index in [1.165, 1.54) is 20.3 Å². The maximum absolute atomic E-state index is 12.0. The van der Waals surface area contributed by atoms with Gasteiger partial charge in [-0.3, -0.25) is 14.4 Å². The summed E-state index contributed by atoms with van der Waals surface area (Å²) in [7, 11) is 2.63. The number of hydrogen-bond donors (Lipinski definition) is 2. The van der Waals surface area contributed by atoms with Crippen molar-refractivity contribution >= 4 is 11.9 Å². The summed E-state index contributed by atoms with van der Waals surface area (Å²) >= 11 is 0. The predicted octanol–water partition coefficient (Wildman–Crippen LogP) is 1.22. The van der Waals surface area contributed by atoms with Crippen molar-refractivity contribution in [1.82, 2.24) is 0 Å². The number of nitrogens with two attached hydrogens (primary N) is 1. The van der Waals surface area contributed by atoms with Crippen LogP contribution in [-0.2, 0) is 14.3 Å². The zero-order valence-corrected chi connectivity index (χ0v) is 15.7. The Hall–Kier alpha value is -3.49. The van der Waals surface area contributed by atoms with E-state index in [1.54, 1.807) is 19.1 Å². The standard InChI is InChI=1S/C19H21NO8/c1-10-6-13(21)18(24)19(28-10)12(8-17(23)26-3)11-4-5-14(15(7-11)25-2)27-9-16(20)22/h4-7,12,24H,8-9H2,1-3H3,(H2,20,22)/t12-/m0/s1. The van der Waals surface area contributed by atoms with E-state index in [-0.39, 0.29) is 36.0 Å². The Balaban J connectivity index is 2.54. The van der Waals surface area contributed by atoms with Gasteiger partial charge in [0.25, 0.3) is 5.91 Å². The number of carbonyl (C=O) groups excluding carboxylic acids is 2. The van der Waals surface area contributed by atoms with Crippen LogP contribution in [0.3, 0.4) is 0 Å². The van der Waals surface area contributed by atoms with Gasteiger partial charge in [0, 0.05) is 6.07 Å². The topological polar surface area (TPSA) is 138 Å². The normalized spacial score (nSPS) is 11.5. The molecule has 9 heteroatoms. The van der Waals surface area contributed by atoms with Crippen LogP contribution in [0.25, 0.3) is 0 Å². The summed E-state index contributed by atoms with van der Waals surface area (Å²) in [5.41, 5.74) is 4.95. The fourth-order valence-corrected chi connectivity index (χ4v) is 2.64. The van der Waals surface area contributed by atoms with E-state index < -0.39 is 29.0 Å². The summed E-state index contributed by atoms with van der Waals surface area (Å²) in [6, 6.07) is 5.81. The van der Waals surface area contributed by atoms with Crippen LogP contribution in [0.2, 0.25) is 0 Å². The molecule has 0 saturated heterocycles. The maximum atomic E-state index is 12.0. The zero-order chi connectivity index (χ0) is 20.8. The van der Waals surface area contributed by atoms with Crippen molar-refractivity contribution in [3.05, 3.63) is 51.6 Å². The highest BCUT2D eigenvalue weighted by Crippen LogP contribution is 2.37. The molecule has 1 aromatic heterocycles. The van der Waals surface area contributed by atoms with Gasteiger partial charge in [-0.1, -0.05) is 6.07 Å². The molecule has 150 valence electrons. The van der Waals surface area contributed by atoms with Gasteiger partial charge in [-0.25, -0.2) is 0 Å². The number of rotatable bonds is 8. The molecule has 0 fully saturated rings. The number of carbonyl (C=O) groups is 2. The molecule has 28 heavy (non-hydrogen) atoms. The minimum Gasteiger partial charge on any atom is -0.502 e. The van der Waals surface area contributed by atoms with E-state index in [1.807, 2.05) is 0 Å². The fourth-order valence-electron chi connectivity index (χ4n) is 2.64. The Labute approximate surface area is 160 Å². The molecular weight excluding hydrogens is 370 g/mol. The molecule has 1 aromatic carbocycles. The highest BCUT2D eigenvalue weighted by atomic mass is 16.5. The van der Waals surface area contributed by atoms with Gasteiger partial charge in [-0.2, -0.15) is 0 Å². The summed E-state index contributed by atoms with van der Waals surface area (Å²) < 4.78 is 20.8. The molecule has 2 rings (SSSR count). The number of primary amides is 1. The third-order valence-corrected chi connectivity index (χ3v) is 3.95. The lowest BCUT2D eigenvalue weighted by molar-refractivity contribution is -0.141. The largest absolute Gasteiger partial charge is 0.502 e. The van der Waals surface area contributed by atoms with Crippen molar-refractivity contribution < 1.29 is 33.3 Å². The maximum Gasteiger partial charge on any atom is 0.306 e. The number of aromatic hydroxyl groups is 1. The summed E-state index contributed by atoms with van der Waals surface area (Å²) in [5.74, 6) is -1.89. The molecule has 0 bridgehead atoms. The van der Waals surface area contributed by atoms with Gasteiger partial charge in [0.05, 0.1) is 26.6 Å². The van der Waals surface area contributed by atoms with Crippen LogP contribution in [0.5, 0.6) is 17.2 Å². The molecule has 0 aliphatic rings. The first kappa shape index (κ1) is 20.8. The molecule has 1 amide bonds. The van der Waals surface area contributed by atoms with Crippen molar-refractivity contribution in [3.8, 4) is 17.2 Å². The lowest BCUT2D eigenvalue weighted by Gasteiger charge is -2.19. The van der Waals surface area contributed by atoms with Crippen LogP contribution in [0.4, 0.5) is 0 Å². The van der Waals surface area contributed by atoms with Gasteiger partial charge in [0.1, 0.15) is 5.76 Å². The zero-order valence-electron chi connectivity index (χ0n) is 15.7. The summed E-state index contributed by atoms with van der Waals surface area (Å²) in [6.07, 6.45) is -0.193. The third kappa shape index (κ3) is 4.81. The van der Waals surface area contributed by atoms with Gasteiger partial charge < -0.3 is 29.5 Å². The molecule has 0 radical (unpaired) electrons. The van der Waals surface area contributed by atoms with Crippen LogP contribution in [-0.4, -0.2) is 37.8 Å². The molecule has 0 spiro atoms. The number of aryl methyl sites for hydroxylation is 1. The molecule has 0 aliphatic carbocycles. The molecule has 0 saturated carbocycles. The molecular formula is C19H21NO8. The van der Waals surface area contributed by atoms with Crippen LogP contribution in [0.15, 0.2) is 33.5 Å². The first-order chi connectivity index (χ1) is 13.3. The molecule has 9 nitrogen and oxygen atoms in total. The quantitative estimate of drug-likeness (QED) is 0.641. The number of methoxy groups -OCH3 is 2. The highest BCUT2D eigenvalue weighted by Gasteiger charge is 2.27. The van der Waals surface area contributed by atoms with Crippen molar-refractivity contribution in [1.29, 1.82) is 0 Å². The van der Waals surface area contributed by atoms with Crippen molar-refractivity contribution in [2.45, 2.75) is 19.3 Å². The van der Waals surface area contributed by atoms with E-state index in [9.17, 15) is 19.5 Å². The Kier molecular flexibility index (Phi) is 6.64. The molecule has 2 aromatic rings. The number of benzene rings is 1. The minimum atomic E-state index is -0.820. The smallest absolute Gasteiger partial charge is 0.306 e. The van der Waals surface area contributed by atoms with E-state index in [0.717, 1.165) is 6.07 Å². The average Bonchev–Trinajstić information content (AvgIpc) is 2.67. The van der Waals surface area contributed by atoms with Crippen LogP contribution in [0, 0.1) is 6.92 Å². The fraction of sp³-hybridized carbons (Fsp3) is 0.316. The minimum absolute atomic E-state index is 0.0664. The SMILES string of the molecule is COC(=O)C[C@@H](c1ccc(OCC(N)=O)c(OC)c1)c1oc(C)cc(=O)c1O. The number of esters is 1. The van der Waals surface area contributed by atoms with Crippen LogP contribution >= 0.6 is 0 Å². The van der Waals surface area contributed by atoms with E-state index >= 15 is 0 Å². The lowest BCUT2D eigenvalue weighted by Crippen LogP contribution is -2.20.